The molecule has 5 rings (SSSR count). The van der Waals surface area contributed by atoms with E-state index in [4.69, 9.17) is 4.98 Å². The molecule has 9 heteroatoms. The molecule has 4 heterocycles. The topological polar surface area (TPSA) is 94.4 Å². The molecule has 2 aliphatic rings. The van der Waals surface area contributed by atoms with Crippen LogP contribution in [0.3, 0.4) is 0 Å². The van der Waals surface area contributed by atoms with E-state index in [-0.39, 0.29) is 6.61 Å². The van der Waals surface area contributed by atoms with Crippen LogP contribution in [-0.4, -0.2) is 82.4 Å². The minimum Gasteiger partial charge on any atom is -0.395 e. The van der Waals surface area contributed by atoms with Crippen LogP contribution in [0.15, 0.2) is 36.8 Å². The summed E-state index contributed by atoms with van der Waals surface area (Å²) in [5, 5.41) is 16.3. The number of aliphatic hydroxyl groups excluding tert-OH is 1. The van der Waals surface area contributed by atoms with Crippen molar-refractivity contribution in [3.05, 3.63) is 36.8 Å². The quantitative estimate of drug-likeness (QED) is 0.510. The lowest BCUT2D eigenvalue weighted by atomic mass is 10.2. The smallest absolute Gasteiger partial charge is 0.230 e. The van der Waals surface area contributed by atoms with Crippen LogP contribution in [0, 0.1) is 0 Å². The summed E-state index contributed by atoms with van der Waals surface area (Å²) in [4.78, 5) is 18.6. The summed E-state index contributed by atoms with van der Waals surface area (Å²) >= 11 is 0. The maximum atomic E-state index is 9.20. The number of hydrogen-bond donors (Lipinski definition) is 3. The van der Waals surface area contributed by atoms with Gasteiger partial charge in [0.1, 0.15) is 11.5 Å². The monoisotopic (exact) mass is 466 g/mol. The molecule has 34 heavy (non-hydrogen) atoms. The second-order valence-electron chi connectivity index (χ2n) is 9.22. The molecule has 0 spiro atoms. The van der Waals surface area contributed by atoms with Gasteiger partial charge in [0.25, 0.3) is 0 Å². The lowest BCUT2D eigenvalue weighted by Gasteiger charge is -2.40. The Kier molecular flexibility index (Phi) is 8.31. The summed E-state index contributed by atoms with van der Waals surface area (Å²) in [5.41, 5.74) is 2.11. The van der Waals surface area contributed by atoms with Crippen molar-refractivity contribution in [2.45, 2.75) is 44.7 Å². The second-order valence-corrected chi connectivity index (χ2v) is 9.22. The molecule has 0 bridgehead atoms. The number of nitrogens with zero attached hydrogens (tertiary/aromatic N) is 6. The lowest BCUT2D eigenvalue weighted by molar-refractivity contribution is 0.146. The number of β-amino-alcohol motifs (C(OH)–C–C–N with tert-alkyl or cyclic N) is 1. The summed E-state index contributed by atoms with van der Waals surface area (Å²) in [7, 11) is 3.75. The standard InChI is InChI=1S/C23H31N7O.C2H7N/c1-17-16-29(11-10-28(17)12-13-31)20-6-7-21(24-15-20)26-23-25-14-18-8-9-30(22(18)27-23)19-4-2-3-5-19;1-3-2/h6-9,14-15,17,19,31H,2-5,10-13,16H2,1H3,(H,24,25,26,27);3H,1-2H3/t17-;/m1./s1. The Labute approximate surface area is 202 Å². The molecule has 1 saturated carbocycles. The third-order valence-corrected chi connectivity index (χ3v) is 6.68. The number of fused-ring (bicyclic) bond motifs is 1. The number of hydrogen-bond acceptors (Lipinski definition) is 8. The molecule has 0 amide bonds. The number of anilines is 3. The fraction of sp³-hybridized carbons (Fsp3) is 0.560. The number of aromatic nitrogens is 4. The molecule has 1 saturated heterocycles. The molecule has 3 N–H and O–H groups in total. The van der Waals surface area contributed by atoms with Crippen LogP contribution in [0.4, 0.5) is 17.5 Å². The maximum absolute atomic E-state index is 9.20. The van der Waals surface area contributed by atoms with Crippen LogP contribution in [0.25, 0.3) is 11.0 Å². The van der Waals surface area contributed by atoms with Crippen molar-refractivity contribution in [2.24, 2.45) is 0 Å². The molecular weight excluding hydrogens is 428 g/mol. The Hall–Kier alpha value is -2.75. The minimum atomic E-state index is 0.214. The molecule has 2 fully saturated rings. The SMILES string of the molecule is CNC.C[C@@H]1CN(c2ccc(Nc3ncc4ccn(C5CCCC5)c4n3)nc2)CCN1CCO. The number of aliphatic hydroxyl groups is 1. The predicted molar refractivity (Wildman–Crippen MR) is 138 cm³/mol. The molecule has 1 aliphatic heterocycles. The van der Waals surface area contributed by atoms with Gasteiger partial charge >= 0.3 is 0 Å². The zero-order chi connectivity index (χ0) is 23.9. The average Bonchev–Trinajstić information content (AvgIpc) is 3.51. The molecule has 0 radical (unpaired) electrons. The van der Waals surface area contributed by atoms with Crippen molar-refractivity contribution in [2.75, 3.05) is 57.1 Å². The highest BCUT2D eigenvalue weighted by Gasteiger charge is 2.23. The number of rotatable bonds is 6. The van der Waals surface area contributed by atoms with Gasteiger partial charge in [0.05, 0.1) is 18.5 Å². The van der Waals surface area contributed by atoms with E-state index in [1.165, 1.54) is 25.7 Å². The summed E-state index contributed by atoms with van der Waals surface area (Å²) in [6.07, 6.45) is 11.0. The first-order valence-electron chi connectivity index (χ1n) is 12.4. The fourth-order valence-corrected chi connectivity index (χ4v) is 4.93. The van der Waals surface area contributed by atoms with E-state index in [2.05, 4.69) is 60.2 Å². The lowest BCUT2D eigenvalue weighted by Crippen LogP contribution is -2.52. The summed E-state index contributed by atoms with van der Waals surface area (Å²) in [6, 6.07) is 7.16. The van der Waals surface area contributed by atoms with E-state index in [1.807, 2.05) is 32.6 Å². The Morgan fingerprint density at radius 3 is 2.53 bits per heavy atom. The van der Waals surface area contributed by atoms with Gasteiger partial charge in [-0.05, 0) is 52.1 Å². The van der Waals surface area contributed by atoms with E-state index in [9.17, 15) is 5.11 Å². The van der Waals surface area contributed by atoms with Crippen LogP contribution in [0.2, 0.25) is 0 Å². The molecule has 0 unspecified atom stereocenters. The van der Waals surface area contributed by atoms with Gasteiger partial charge in [0.15, 0.2) is 0 Å². The molecule has 1 atom stereocenters. The molecule has 3 aromatic heterocycles. The Balaban J connectivity index is 0.000000868. The van der Waals surface area contributed by atoms with E-state index < -0.39 is 0 Å². The first-order chi connectivity index (χ1) is 16.6. The summed E-state index contributed by atoms with van der Waals surface area (Å²) in [5.74, 6) is 1.32. The Bertz CT molecular complexity index is 1030. The third kappa shape index (κ3) is 5.65. The first kappa shape index (κ1) is 24.4. The second kappa shape index (κ2) is 11.6. The molecule has 184 valence electrons. The highest BCUT2D eigenvalue weighted by atomic mass is 16.3. The van der Waals surface area contributed by atoms with Crippen molar-refractivity contribution in [3.8, 4) is 0 Å². The van der Waals surface area contributed by atoms with Gasteiger partial charge in [-0.3, -0.25) is 4.90 Å². The van der Waals surface area contributed by atoms with Gasteiger partial charge in [-0.25, -0.2) is 9.97 Å². The van der Waals surface area contributed by atoms with Gasteiger partial charge in [-0.1, -0.05) is 12.8 Å². The zero-order valence-electron chi connectivity index (χ0n) is 20.6. The van der Waals surface area contributed by atoms with Gasteiger partial charge in [0.2, 0.25) is 5.95 Å². The van der Waals surface area contributed by atoms with Crippen LogP contribution in [0.5, 0.6) is 0 Å². The van der Waals surface area contributed by atoms with Crippen molar-refractivity contribution in [1.82, 2.24) is 29.7 Å². The van der Waals surface area contributed by atoms with Crippen molar-refractivity contribution >= 4 is 28.5 Å². The predicted octanol–water partition coefficient (Wildman–Crippen LogP) is 3.02. The van der Waals surface area contributed by atoms with Crippen molar-refractivity contribution < 1.29 is 5.11 Å². The van der Waals surface area contributed by atoms with E-state index in [0.717, 1.165) is 48.7 Å². The number of pyridine rings is 1. The van der Waals surface area contributed by atoms with Crippen LogP contribution in [0.1, 0.15) is 38.6 Å². The van der Waals surface area contributed by atoms with Crippen LogP contribution >= 0.6 is 0 Å². The van der Waals surface area contributed by atoms with Crippen molar-refractivity contribution in [3.63, 3.8) is 0 Å². The number of piperazine rings is 1. The molecule has 1 aliphatic carbocycles. The third-order valence-electron chi connectivity index (χ3n) is 6.68. The van der Waals surface area contributed by atoms with Gasteiger partial charge < -0.3 is 25.2 Å². The maximum Gasteiger partial charge on any atom is 0.230 e. The number of nitrogens with one attached hydrogen (secondary N) is 2. The summed E-state index contributed by atoms with van der Waals surface area (Å²) < 4.78 is 2.31. The molecule has 3 aromatic rings. The Morgan fingerprint density at radius 1 is 1.06 bits per heavy atom. The molecular formula is C25H38N8O. The fourth-order valence-electron chi connectivity index (χ4n) is 4.93. The molecule has 9 nitrogen and oxygen atoms in total. The molecule has 0 aromatic carbocycles. The van der Waals surface area contributed by atoms with Crippen LogP contribution in [-0.2, 0) is 0 Å². The van der Waals surface area contributed by atoms with Gasteiger partial charge in [-0.15, -0.1) is 0 Å². The van der Waals surface area contributed by atoms with Crippen molar-refractivity contribution in [1.29, 1.82) is 0 Å². The largest absolute Gasteiger partial charge is 0.395 e. The zero-order valence-corrected chi connectivity index (χ0v) is 20.6. The highest BCUT2D eigenvalue weighted by Crippen LogP contribution is 2.32. The van der Waals surface area contributed by atoms with Gasteiger partial charge in [-0.2, -0.15) is 4.98 Å². The van der Waals surface area contributed by atoms with Crippen LogP contribution < -0.4 is 15.5 Å². The normalized spacial score (nSPS) is 19.3. The van der Waals surface area contributed by atoms with E-state index in [1.54, 1.807) is 0 Å². The summed E-state index contributed by atoms with van der Waals surface area (Å²) in [6.45, 7) is 6.00. The van der Waals surface area contributed by atoms with Gasteiger partial charge in [0, 0.05) is 56.0 Å². The van der Waals surface area contributed by atoms with E-state index >= 15 is 0 Å². The van der Waals surface area contributed by atoms with E-state index in [0.29, 0.717) is 18.0 Å². The highest BCUT2D eigenvalue weighted by molar-refractivity contribution is 5.77. The average molecular weight is 467 g/mol. The Morgan fingerprint density at radius 2 is 1.85 bits per heavy atom. The minimum absolute atomic E-state index is 0.214. The first-order valence-corrected chi connectivity index (χ1v) is 12.4.